The van der Waals surface area contributed by atoms with Gasteiger partial charge in [0.05, 0.1) is 0 Å². The first-order chi connectivity index (χ1) is 7.65. The number of hydrogen-bond acceptors (Lipinski definition) is 1. The van der Waals surface area contributed by atoms with E-state index in [1.165, 1.54) is 16.6 Å². The molecule has 1 aromatic heterocycles. The summed E-state index contributed by atoms with van der Waals surface area (Å²) in [6.45, 7) is 4.45. The molecule has 1 aromatic carbocycles. The van der Waals surface area contributed by atoms with Gasteiger partial charge in [-0.15, -0.1) is 0 Å². The molecule has 1 amide bonds. The molecule has 0 radical (unpaired) electrons. The Balaban J connectivity index is 2.72. The molecule has 1 heterocycles. The predicted molar refractivity (Wildman–Crippen MR) is 65.2 cm³/mol. The Kier molecular flexibility index (Phi) is 2.69. The normalized spacial score (nSPS) is 10.9. The van der Waals surface area contributed by atoms with Gasteiger partial charge in [-0.2, -0.15) is 0 Å². The number of carbonyl (C=O) groups is 1. The molecule has 0 unspecified atom stereocenters. The zero-order chi connectivity index (χ0) is 11.7. The Bertz CT molecular complexity index is 540. The zero-order valence-corrected chi connectivity index (χ0v) is 9.66. The van der Waals surface area contributed by atoms with E-state index in [0.717, 1.165) is 11.9 Å². The first-order valence-electron chi connectivity index (χ1n) is 5.50. The van der Waals surface area contributed by atoms with Crippen molar-refractivity contribution < 1.29 is 4.79 Å². The van der Waals surface area contributed by atoms with E-state index >= 15 is 0 Å². The molecule has 0 saturated heterocycles. The molecule has 84 valence electrons. The fraction of sp³-hybridized carbons (Fsp3) is 0.308. The SMILES string of the molecule is CCc1c(C)c2ccccc2n1CC(N)=O. The average molecular weight is 216 g/mol. The van der Waals surface area contributed by atoms with Gasteiger partial charge in [-0.3, -0.25) is 4.79 Å². The van der Waals surface area contributed by atoms with Crippen LogP contribution in [0, 0.1) is 6.92 Å². The lowest BCUT2D eigenvalue weighted by molar-refractivity contribution is -0.118. The highest BCUT2D eigenvalue weighted by Crippen LogP contribution is 2.25. The minimum Gasteiger partial charge on any atom is -0.368 e. The number of primary amides is 1. The maximum absolute atomic E-state index is 11.1. The average Bonchev–Trinajstić information content (AvgIpc) is 2.52. The summed E-state index contributed by atoms with van der Waals surface area (Å²) in [6.07, 6.45) is 0.911. The summed E-state index contributed by atoms with van der Waals surface area (Å²) in [7, 11) is 0. The van der Waals surface area contributed by atoms with Gasteiger partial charge < -0.3 is 10.3 Å². The van der Waals surface area contributed by atoms with Gasteiger partial charge in [0, 0.05) is 16.6 Å². The van der Waals surface area contributed by atoms with Gasteiger partial charge in [-0.1, -0.05) is 25.1 Å². The van der Waals surface area contributed by atoms with E-state index in [2.05, 4.69) is 19.9 Å². The standard InChI is InChI=1S/C13H16N2O/c1-3-11-9(2)10-6-4-5-7-12(10)15(11)8-13(14)16/h4-7H,3,8H2,1-2H3,(H2,14,16). The van der Waals surface area contributed by atoms with Crippen LogP contribution in [0.1, 0.15) is 18.2 Å². The van der Waals surface area contributed by atoms with E-state index in [0.29, 0.717) is 0 Å². The largest absolute Gasteiger partial charge is 0.368 e. The van der Waals surface area contributed by atoms with Crippen LogP contribution in [-0.4, -0.2) is 10.5 Å². The fourth-order valence-corrected chi connectivity index (χ4v) is 2.32. The second kappa shape index (κ2) is 4.00. The molecule has 0 atom stereocenters. The molecule has 0 spiro atoms. The topological polar surface area (TPSA) is 48.0 Å². The summed E-state index contributed by atoms with van der Waals surface area (Å²) >= 11 is 0. The summed E-state index contributed by atoms with van der Waals surface area (Å²) in [5.74, 6) is -0.296. The third-order valence-corrected chi connectivity index (χ3v) is 3.01. The Morgan fingerprint density at radius 1 is 1.38 bits per heavy atom. The van der Waals surface area contributed by atoms with Crippen molar-refractivity contribution in [3.05, 3.63) is 35.5 Å². The van der Waals surface area contributed by atoms with Crippen molar-refractivity contribution in [1.82, 2.24) is 4.57 Å². The van der Waals surface area contributed by atoms with Crippen molar-refractivity contribution in [2.75, 3.05) is 0 Å². The highest BCUT2D eigenvalue weighted by atomic mass is 16.1. The van der Waals surface area contributed by atoms with Crippen LogP contribution in [0.15, 0.2) is 24.3 Å². The fourth-order valence-electron chi connectivity index (χ4n) is 2.32. The van der Waals surface area contributed by atoms with E-state index in [9.17, 15) is 4.79 Å². The van der Waals surface area contributed by atoms with Crippen LogP contribution < -0.4 is 5.73 Å². The van der Waals surface area contributed by atoms with Gasteiger partial charge in [0.15, 0.2) is 0 Å². The van der Waals surface area contributed by atoms with E-state index in [1.54, 1.807) is 0 Å². The number of aryl methyl sites for hydroxylation is 1. The third kappa shape index (κ3) is 1.58. The molecule has 0 bridgehead atoms. The molecule has 3 nitrogen and oxygen atoms in total. The van der Waals surface area contributed by atoms with Crippen molar-refractivity contribution in [2.45, 2.75) is 26.8 Å². The monoisotopic (exact) mass is 216 g/mol. The summed E-state index contributed by atoms with van der Waals surface area (Å²) in [5, 5.41) is 1.21. The Morgan fingerprint density at radius 3 is 2.69 bits per heavy atom. The van der Waals surface area contributed by atoms with E-state index < -0.39 is 0 Å². The smallest absolute Gasteiger partial charge is 0.237 e. The van der Waals surface area contributed by atoms with Gasteiger partial charge in [0.2, 0.25) is 5.91 Å². The molecule has 2 rings (SSSR count). The van der Waals surface area contributed by atoms with E-state index in [4.69, 9.17) is 5.73 Å². The minimum atomic E-state index is -0.296. The van der Waals surface area contributed by atoms with Crippen LogP contribution in [0.3, 0.4) is 0 Å². The molecule has 0 aliphatic heterocycles. The summed E-state index contributed by atoms with van der Waals surface area (Å²) < 4.78 is 2.02. The van der Waals surface area contributed by atoms with Crippen molar-refractivity contribution in [2.24, 2.45) is 5.73 Å². The van der Waals surface area contributed by atoms with Crippen LogP contribution in [0.4, 0.5) is 0 Å². The summed E-state index contributed by atoms with van der Waals surface area (Å²) in [4.78, 5) is 11.1. The maximum atomic E-state index is 11.1. The second-order valence-corrected chi connectivity index (χ2v) is 3.99. The molecular weight excluding hydrogens is 200 g/mol. The lowest BCUT2D eigenvalue weighted by Gasteiger charge is -2.07. The van der Waals surface area contributed by atoms with Crippen LogP contribution in [0.2, 0.25) is 0 Å². The zero-order valence-electron chi connectivity index (χ0n) is 9.66. The van der Waals surface area contributed by atoms with Gasteiger partial charge in [0.25, 0.3) is 0 Å². The molecular formula is C13H16N2O. The van der Waals surface area contributed by atoms with Crippen molar-refractivity contribution in [3.63, 3.8) is 0 Å². The predicted octanol–water partition coefficient (Wildman–Crippen LogP) is 2.00. The van der Waals surface area contributed by atoms with Gasteiger partial charge in [0.1, 0.15) is 6.54 Å². The van der Waals surface area contributed by atoms with Crippen molar-refractivity contribution >= 4 is 16.8 Å². The number of fused-ring (bicyclic) bond motifs is 1. The van der Waals surface area contributed by atoms with Crippen molar-refractivity contribution in [1.29, 1.82) is 0 Å². The van der Waals surface area contributed by atoms with Crippen LogP contribution >= 0.6 is 0 Å². The molecule has 2 aromatic rings. The van der Waals surface area contributed by atoms with Crippen LogP contribution in [-0.2, 0) is 17.8 Å². The lowest BCUT2D eigenvalue weighted by Crippen LogP contribution is -2.19. The highest BCUT2D eigenvalue weighted by Gasteiger charge is 2.13. The van der Waals surface area contributed by atoms with Crippen LogP contribution in [0.25, 0.3) is 10.9 Å². The van der Waals surface area contributed by atoms with E-state index in [1.807, 2.05) is 22.8 Å². The summed E-state index contributed by atoms with van der Waals surface area (Å²) in [6, 6.07) is 8.12. The Hall–Kier alpha value is -1.77. The van der Waals surface area contributed by atoms with E-state index in [-0.39, 0.29) is 12.5 Å². The number of amides is 1. The van der Waals surface area contributed by atoms with Crippen LogP contribution in [0.5, 0.6) is 0 Å². The van der Waals surface area contributed by atoms with Crippen molar-refractivity contribution in [3.8, 4) is 0 Å². The highest BCUT2D eigenvalue weighted by molar-refractivity contribution is 5.87. The molecule has 0 fully saturated rings. The Labute approximate surface area is 94.9 Å². The molecule has 2 N–H and O–H groups in total. The number of carbonyl (C=O) groups excluding carboxylic acids is 1. The first kappa shape index (κ1) is 10.7. The quantitative estimate of drug-likeness (QED) is 0.838. The molecule has 0 aliphatic rings. The first-order valence-corrected chi connectivity index (χ1v) is 5.50. The number of benzene rings is 1. The van der Waals surface area contributed by atoms with Gasteiger partial charge >= 0.3 is 0 Å². The number of nitrogens with zero attached hydrogens (tertiary/aromatic N) is 1. The number of para-hydroxylation sites is 1. The molecule has 16 heavy (non-hydrogen) atoms. The molecule has 0 aliphatic carbocycles. The number of aromatic nitrogens is 1. The third-order valence-electron chi connectivity index (χ3n) is 3.01. The van der Waals surface area contributed by atoms with Gasteiger partial charge in [-0.05, 0) is 25.0 Å². The minimum absolute atomic E-state index is 0.261. The molecule has 0 saturated carbocycles. The number of hydrogen-bond donors (Lipinski definition) is 1. The molecule has 3 heteroatoms. The number of nitrogens with two attached hydrogens (primary N) is 1. The summed E-state index contributed by atoms with van der Waals surface area (Å²) in [5.41, 5.74) is 8.83. The number of rotatable bonds is 3. The Morgan fingerprint density at radius 2 is 2.06 bits per heavy atom. The maximum Gasteiger partial charge on any atom is 0.237 e. The second-order valence-electron chi connectivity index (χ2n) is 3.99. The van der Waals surface area contributed by atoms with Gasteiger partial charge in [-0.25, -0.2) is 0 Å². The lowest BCUT2D eigenvalue weighted by atomic mass is 10.1.